The number of rotatable bonds is 4. The number of fused-ring (bicyclic) bond motifs is 1. The Hall–Kier alpha value is -2.73. The van der Waals surface area contributed by atoms with Crippen LogP contribution >= 0.6 is 0 Å². The van der Waals surface area contributed by atoms with Crippen LogP contribution in [0.3, 0.4) is 0 Å². The molecular formula is C22H24O10. The van der Waals surface area contributed by atoms with E-state index in [1.54, 1.807) is 13.0 Å². The molecule has 2 aromatic rings. The molecule has 0 aromatic heterocycles. The van der Waals surface area contributed by atoms with E-state index in [2.05, 4.69) is 0 Å². The molecule has 10 heteroatoms. The summed E-state index contributed by atoms with van der Waals surface area (Å²) in [6.45, 7) is 1.08. The quantitative estimate of drug-likeness (QED) is 0.361. The molecule has 2 aromatic carbocycles. The summed E-state index contributed by atoms with van der Waals surface area (Å²) >= 11 is 0. The number of phenolic OH excluding ortho intramolecular Hbond substituents is 1. The summed E-state index contributed by atoms with van der Waals surface area (Å²) in [7, 11) is 0. The second kappa shape index (κ2) is 8.66. The van der Waals surface area contributed by atoms with Gasteiger partial charge >= 0.3 is 0 Å². The minimum absolute atomic E-state index is 0.0248. The zero-order chi connectivity index (χ0) is 23.2. The molecule has 0 aliphatic carbocycles. The highest BCUT2D eigenvalue weighted by Gasteiger charge is 2.46. The first-order valence-corrected chi connectivity index (χ1v) is 10.0. The number of carbonyl (C=O) groups is 1. The lowest BCUT2D eigenvalue weighted by molar-refractivity contribution is -0.277. The molecule has 4 rings (SSSR count). The zero-order valence-electron chi connectivity index (χ0n) is 17.0. The van der Waals surface area contributed by atoms with Gasteiger partial charge in [-0.15, -0.1) is 0 Å². The summed E-state index contributed by atoms with van der Waals surface area (Å²) in [5.41, 5.74) is 1.04. The number of ketones is 1. The van der Waals surface area contributed by atoms with Crippen molar-refractivity contribution < 1.29 is 49.6 Å². The van der Waals surface area contributed by atoms with Gasteiger partial charge in [0.05, 0.1) is 6.61 Å². The van der Waals surface area contributed by atoms with Gasteiger partial charge in [0.2, 0.25) is 12.1 Å². The molecule has 10 nitrogen and oxygen atoms in total. The highest BCUT2D eigenvalue weighted by atomic mass is 16.7. The van der Waals surface area contributed by atoms with E-state index in [4.69, 9.17) is 14.2 Å². The summed E-state index contributed by atoms with van der Waals surface area (Å²) < 4.78 is 16.9. The minimum atomic E-state index is -1.67. The van der Waals surface area contributed by atoms with Crippen molar-refractivity contribution in [1.82, 2.24) is 0 Å². The smallest absolute Gasteiger partial charge is 0.229 e. The van der Waals surface area contributed by atoms with Crippen LogP contribution in [-0.2, 0) is 4.74 Å². The van der Waals surface area contributed by atoms with Crippen molar-refractivity contribution in [2.45, 2.75) is 49.8 Å². The number of aryl methyl sites for hydroxylation is 1. The number of hydrogen-bond acceptors (Lipinski definition) is 10. The standard InChI is InChI=1S/C22H24O10/c1-9-6-12-15(17(26)19(28)21(30-12)10-2-4-11(24)5-3-10)13(7-9)31-22-20(29)18(27)16(25)14(8-23)32-22/h2-7,14,16,18-25,27-29H,8H2,1H3/t14-,16-,18-,19+,20-,21-,22-/m1/s1. The van der Waals surface area contributed by atoms with Gasteiger partial charge in [0.1, 0.15) is 47.2 Å². The van der Waals surface area contributed by atoms with E-state index in [0.29, 0.717) is 11.1 Å². The normalized spacial score (nSPS) is 32.2. The van der Waals surface area contributed by atoms with E-state index >= 15 is 0 Å². The third-order valence-corrected chi connectivity index (χ3v) is 5.58. The minimum Gasteiger partial charge on any atom is -0.508 e. The van der Waals surface area contributed by atoms with Crippen molar-refractivity contribution >= 4 is 5.78 Å². The van der Waals surface area contributed by atoms with Crippen LogP contribution in [0.5, 0.6) is 17.2 Å². The van der Waals surface area contributed by atoms with Gasteiger partial charge in [-0.2, -0.15) is 0 Å². The Morgan fingerprint density at radius 3 is 2.34 bits per heavy atom. The fraction of sp³-hybridized carbons (Fsp3) is 0.409. The molecule has 1 fully saturated rings. The summed E-state index contributed by atoms with van der Waals surface area (Å²) in [5, 5.41) is 59.7. The van der Waals surface area contributed by atoms with Crippen molar-refractivity contribution in [2.24, 2.45) is 0 Å². The number of benzene rings is 2. The average Bonchev–Trinajstić information content (AvgIpc) is 2.77. The largest absolute Gasteiger partial charge is 0.508 e. The van der Waals surface area contributed by atoms with Crippen LogP contribution in [0, 0.1) is 6.92 Å². The lowest BCUT2D eigenvalue weighted by Crippen LogP contribution is -2.60. The van der Waals surface area contributed by atoms with Crippen molar-refractivity contribution in [2.75, 3.05) is 6.61 Å². The second-order valence-electron chi connectivity index (χ2n) is 7.89. The number of ether oxygens (including phenoxy) is 3. The highest BCUT2D eigenvalue weighted by Crippen LogP contribution is 2.41. The molecule has 0 bridgehead atoms. The van der Waals surface area contributed by atoms with Gasteiger partial charge in [-0.3, -0.25) is 4.79 Å². The fourth-order valence-corrected chi connectivity index (χ4v) is 3.84. The van der Waals surface area contributed by atoms with Crippen LogP contribution in [-0.4, -0.2) is 79.8 Å². The third-order valence-electron chi connectivity index (χ3n) is 5.58. The van der Waals surface area contributed by atoms with Crippen LogP contribution < -0.4 is 9.47 Å². The molecule has 0 saturated carbocycles. The van der Waals surface area contributed by atoms with E-state index in [1.807, 2.05) is 0 Å². The molecular weight excluding hydrogens is 424 g/mol. The summed E-state index contributed by atoms with van der Waals surface area (Å²) in [6.07, 6.45) is -10.2. The lowest BCUT2D eigenvalue weighted by Gasteiger charge is -2.40. The molecule has 32 heavy (non-hydrogen) atoms. The monoisotopic (exact) mass is 448 g/mol. The number of carbonyl (C=O) groups excluding carboxylic acids is 1. The number of hydrogen-bond donors (Lipinski definition) is 6. The Bertz CT molecular complexity index is 989. The Morgan fingerprint density at radius 2 is 1.69 bits per heavy atom. The molecule has 0 radical (unpaired) electrons. The molecule has 2 heterocycles. The molecule has 1 saturated heterocycles. The van der Waals surface area contributed by atoms with Crippen LogP contribution in [0.15, 0.2) is 36.4 Å². The van der Waals surface area contributed by atoms with Crippen LogP contribution in [0.2, 0.25) is 0 Å². The zero-order valence-corrected chi connectivity index (χ0v) is 17.0. The van der Waals surface area contributed by atoms with E-state index in [0.717, 1.165) is 0 Å². The molecule has 2 aliphatic rings. The average molecular weight is 448 g/mol. The Morgan fingerprint density at radius 1 is 1.00 bits per heavy atom. The first-order chi connectivity index (χ1) is 15.2. The van der Waals surface area contributed by atoms with Gasteiger partial charge in [-0.1, -0.05) is 12.1 Å². The van der Waals surface area contributed by atoms with Gasteiger partial charge in [-0.05, 0) is 42.3 Å². The van der Waals surface area contributed by atoms with Gasteiger partial charge in [0, 0.05) is 0 Å². The number of Topliss-reactive ketones (excluding diaryl/α,β-unsaturated/α-hetero) is 1. The molecule has 2 aliphatic heterocycles. The molecule has 0 spiro atoms. The van der Waals surface area contributed by atoms with Crippen molar-refractivity contribution in [3.05, 3.63) is 53.1 Å². The molecule has 0 unspecified atom stereocenters. The van der Waals surface area contributed by atoms with Crippen LogP contribution in [0.25, 0.3) is 0 Å². The molecule has 6 N–H and O–H groups in total. The number of phenols is 1. The summed E-state index contributed by atoms with van der Waals surface area (Å²) in [6, 6.07) is 8.96. The Kier molecular flexibility index (Phi) is 6.08. The second-order valence-corrected chi connectivity index (χ2v) is 7.89. The van der Waals surface area contributed by atoms with Crippen molar-refractivity contribution in [3.63, 3.8) is 0 Å². The van der Waals surface area contributed by atoms with Crippen LogP contribution in [0.1, 0.15) is 27.6 Å². The molecule has 7 atom stereocenters. The number of aliphatic hydroxyl groups excluding tert-OH is 5. The molecule has 0 amide bonds. The first-order valence-electron chi connectivity index (χ1n) is 10.0. The SMILES string of the molecule is Cc1cc(O[C@@H]2O[C@H](CO)[C@@H](O)[C@@H](O)[C@H]2O)c2c(c1)O[C@H](c1ccc(O)cc1)[C@@H](O)C2=O. The first kappa shape index (κ1) is 22.5. The predicted molar refractivity (Wildman–Crippen MR) is 107 cm³/mol. The predicted octanol–water partition coefficient (Wildman–Crippen LogP) is -0.443. The topological polar surface area (TPSA) is 166 Å². The highest BCUT2D eigenvalue weighted by molar-refractivity contribution is 6.05. The molecule has 172 valence electrons. The maximum Gasteiger partial charge on any atom is 0.229 e. The fourth-order valence-electron chi connectivity index (χ4n) is 3.84. The van der Waals surface area contributed by atoms with E-state index in [9.17, 15) is 35.4 Å². The van der Waals surface area contributed by atoms with E-state index in [-0.39, 0.29) is 22.8 Å². The van der Waals surface area contributed by atoms with Gasteiger partial charge in [0.25, 0.3) is 0 Å². The Balaban J connectivity index is 1.67. The maximum absolute atomic E-state index is 13.1. The summed E-state index contributed by atoms with van der Waals surface area (Å²) in [5.74, 6) is -0.587. The van der Waals surface area contributed by atoms with E-state index in [1.165, 1.54) is 30.3 Å². The van der Waals surface area contributed by atoms with Gasteiger partial charge in [-0.25, -0.2) is 0 Å². The summed E-state index contributed by atoms with van der Waals surface area (Å²) in [4.78, 5) is 13.1. The van der Waals surface area contributed by atoms with E-state index < -0.39 is 55.3 Å². The van der Waals surface area contributed by atoms with Crippen LogP contribution in [0.4, 0.5) is 0 Å². The van der Waals surface area contributed by atoms with Gasteiger partial charge < -0.3 is 44.8 Å². The Labute approximate surface area is 182 Å². The van der Waals surface area contributed by atoms with Crippen molar-refractivity contribution in [1.29, 1.82) is 0 Å². The number of aliphatic hydroxyl groups is 5. The maximum atomic E-state index is 13.1. The number of aromatic hydroxyl groups is 1. The van der Waals surface area contributed by atoms with Gasteiger partial charge in [0.15, 0.2) is 12.2 Å². The lowest BCUT2D eigenvalue weighted by atomic mass is 9.92. The third kappa shape index (κ3) is 3.92. The van der Waals surface area contributed by atoms with Crippen molar-refractivity contribution in [3.8, 4) is 17.2 Å².